The number of carbonyl (C=O) groups excluding carboxylic acids is 3. The number of hydrogen-bond acceptors (Lipinski definition) is 3. The van der Waals surface area contributed by atoms with Crippen LogP contribution in [0.25, 0.3) is 0 Å². The molecule has 0 aromatic carbocycles. The second-order valence-corrected chi connectivity index (χ2v) is 5.87. The second kappa shape index (κ2) is 4.37. The van der Waals surface area contributed by atoms with E-state index >= 15 is 0 Å². The van der Waals surface area contributed by atoms with Gasteiger partial charge in [0.2, 0.25) is 11.8 Å². The Labute approximate surface area is 107 Å². The molecule has 2 N–H and O–H groups in total. The molecule has 1 aliphatic heterocycles. The van der Waals surface area contributed by atoms with Crippen LogP contribution >= 0.6 is 0 Å². The molecule has 3 atom stereocenters. The lowest BCUT2D eigenvalue weighted by molar-refractivity contribution is -0.144. The third-order valence-corrected chi connectivity index (χ3v) is 4.15. The fourth-order valence-corrected chi connectivity index (χ4v) is 2.81. The van der Waals surface area contributed by atoms with E-state index in [9.17, 15) is 14.4 Å². The average Bonchev–Trinajstić information content (AvgIpc) is 2.70. The topological polar surface area (TPSA) is 75.3 Å². The summed E-state index contributed by atoms with van der Waals surface area (Å²) in [6.07, 6.45) is 1.57. The summed E-state index contributed by atoms with van der Waals surface area (Å²) in [5, 5.41) is 5.62. The number of nitrogens with one attached hydrogen (secondary N) is 2. The third-order valence-electron chi connectivity index (χ3n) is 4.15. The maximum Gasteiger partial charge on any atom is 0.246 e. The number of Topliss-reactive ketones (excluding diaryl/α,β-unsaturated/α-hetero) is 1. The van der Waals surface area contributed by atoms with E-state index < -0.39 is 11.6 Å². The van der Waals surface area contributed by atoms with Crippen molar-refractivity contribution in [1.29, 1.82) is 0 Å². The Bertz CT molecular complexity index is 405. The lowest BCUT2D eigenvalue weighted by atomic mass is 9.80. The molecule has 0 bridgehead atoms. The van der Waals surface area contributed by atoms with E-state index in [2.05, 4.69) is 10.6 Å². The first kappa shape index (κ1) is 13.1. The minimum Gasteiger partial charge on any atom is -0.342 e. The van der Waals surface area contributed by atoms with Crippen molar-refractivity contribution >= 4 is 17.6 Å². The predicted octanol–water partition coefficient (Wildman–Crippen LogP) is 0.385. The van der Waals surface area contributed by atoms with E-state index in [-0.39, 0.29) is 29.4 Å². The zero-order chi connectivity index (χ0) is 13.5. The standard InChI is InChI=1S/C13H20N2O3/c1-7(2)10-11(17)15-13(3,12(18)14-10)8-4-5-9(16)6-8/h7-8,10H,4-6H2,1-3H3,(H,14,18)(H,15,17)/t8-,10+,13+/m0/s1. The molecule has 1 heterocycles. The fourth-order valence-electron chi connectivity index (χ4n) is 2.81. The van der Waals surface area contributed by atoms with Gasteiger partial charge in [0.1, 0.15) is 17.4 Å². The smallest absolute Gasteiger partial charge is 0.246 e. The number of rotatable bonds is 2. The van der Waals surface area contributed by atoms with Gasteiger partial charge in [-0.1, -0.05) is 13.8 Å². The summed E-state index contributed by atoms with van der Waals surface area (Å²) >= 11 is 0. The zero-order valence-corrected chi connectivity index (χ0v) is 11.1. The van der Waals surface area contributed by atoms with Gasteiger partial charge < -0.3 is 10.6 Å². The molecule has 2 rings (SSSR count). The molecule has 1 saturated carbocycles. The van der Waals surface area contributed by atoms with Crippen molar-refractivity contribution in [1.82, 2.24) is 10.6 Å². The van der Waals surface area contributed by atoms with Crippen molar-refractivity contribution in [3.8, 4) is 0 Å². The summed E-state index contributed by atoms with van der Waals surface area (Å²) in [6.45, 7) is 5.51. The molecule has 18 heavy (non-hydrogen) atoms. The maximum atomic E-state index is 12.2. The van der Waals surface area contributed by atoms with E-state index in [0.29, 0.717) is 19.3 Å². The highest BCUT2D eigenvalue weighted by atomic mass is 16.2. The molecule has 5 nitrogen and oxygen atoms in total. The van der Waals surface area contributed by atoms with Gasteiger partial charge in [-0.15, -0.1) is 0 Å². The highest BCUT2D eigenvalue weighted by Gasteiger charge is 2.50. The van der Waals surface area contributed by atoms with E-state index in [0.717, 1.165) is 0 Å². The molecule has 0 radical (unpaired) electrons. The van der Waals surface area contributed by atoms with Crippen molar-refractivity contribution in [2.75, 3.05) is 0 Å². The van der Waals surface area contributed by atoms with Crippen LogP contribution in [0.15, 0.2) is 0 Å². The van der Waals surface area contributed by atoms with Crippen LogP contribution in [0, 0.1) is 11.8 Å². The molecule has 0 unspecified atom stereocenters. The monoisotopic (exact) mass is 252 g/mol. The van der Waals surface area contributed by atoms with Gasteiger partial charge in [0.05, 0.1) is 0 Å². The molecule has 0 aromatic rings. The Morgan fingerprint density at radius 2 is 1.94 bits per heavy atom. The largest absolute Gasteiger partial charge is 0.342 e. The third kappa shape index (κ3) is 2.02. The van der Waals surface area contributed by atoms with Crippen LogP contribution in [0.5, 0.6) is 0 Å². The molecule has 2 fully saturated rings. The van der Waals surface area contributed by atoms with Gasteiger partial charge in [-0.25, -0.2) is 0 Å². The fraction of sp³-hybridized carbons (Fsp3) is 0.769. The van der Waals surface area contributed by atoms with Crippen LogP contribution in [0.1, 0.15) is 40.0 Å². The number of piperazine rings is 1. The van der Waals surface area contributed by atoms with Crippen molar-refractivity contribution in [3.63, 3.8) is 0 Å². The van der Waals surface area contributed by atoms with Gasteiger partial charge in [0.15, 0.2) is 0 Å². The Morgan fingerprint density at radius 1 is 1.28 bits per heavy atom. The maximum absolute atomic E-state index is 12.2. The summed E-state index contributed by atoms with van der Waals surface area (Å²) in [7, 11) is 0. The Balaban J connectivity index is 2.18. The molecule has 1 saturated heterocycles. The van der Waals surface area contributed by atoms with Crippen molar-refractivity contribution in [2.45, 2.75) is 51.6 Å². The normalized spacial score (nSPS) is 36.8. The highest BCUT2D eigenvalue weighted by Crippen LogP contribution is 2.34. The highest BCUT2D eigenvalue weighted by molar-refractivity contribution is 6.00. The minimum absolute atomic E-state index is 0.0590. The molecule has 5 heteroatoms. The molecule has 2 amide bonds. The first-order chi connectivity index (χ1) is 8.34. The van der Waals surface area contributed by atoms with Crippen LogP contribution < -0.4 is 10.6 Å². The van der Waals surface area contributed by atoms with Crippen LogP contribution in [-0.2, 0) is 14.4 Å². The molecular weight excluding hydrogens is 232 g/mol. The molecule has 100 valence electrons. The molecule has 0 spiro atoms. The summed E-state index contributed by atoms with van der Waals surface area (Å²) in [5.41, 5.74) is -0.936. The summed E-state index contributed by atoms with van der Waals surface area (Å²) in [4.78, 5) is 35.6. The summed E-state index contributed by atoms with van der Waals surface area (Å²) in [6, 6.07) is -0.470. The van der Waals surface area contributed by atoms with Gasteiger partial charge in [0, 0.05) is 12.8 Å². The van der Waals surface area contributed by atoms with Crippen LogP contribution in [0.2, 0.25) is 0 Å². The number of amides is 2. The Hall–Kier alpha value is -1.39. The van der Waals surface area contributed by atoms with E-state index in [1.807, 2.05) is 13.8 Å². The summed E-state index contributed by atoms with van der Waals surface area (Å²) in [5.74, 6) is -0.160. The lowest BCUT2D eigenvalue weighted by Gasteiger charge is -2.42. The van der Waals surface area contributed by atoms with Gasteiger partial charge in [-0.3, -0.25) is 14.4 Å². The van der Waals surface area contributed by atoms with Gasteiger partial charge in [0.25, 0.3) is 0 Å². The van der Waals surface area contributed by atoms with Gasteiger partial charge >= 0.3 is 0 Å². The molecule has 2 aliphatic rings. The molecule has 1 aliphatic carbocycles. The minimum atomic E-state index is -0.936. The van der Waals surface area contributed by atoms with E-state index in [1.165, 1.54) is 0 Å². The number of ketones is 1. The first-order valence-corrected chi connectivity index (χ1v) is 6.49. The van der Waals surface area contributed by atoms with Gasteiger partial charge in [-0.2, -0.15) is 0 Å². The van der Waals surface area contributed by atoms with Gasteiger partial charge in [-0.05, 0) is 25.2 Å². The van der Waals surface area contributed by atoms with Crippen molar-refractivity contribution in [2.24, 2.45) is 11.8 Å². The first-order valence-electron chi connectivity index (χ1n) is 6.49. The Kier molecular flexibility index (Phi) is 3.17. The van der Waals surface area contributed by atoms with Crippen molar-refractivity contribution in [3.05, 3.63) is 0 Å². The van der Waals surface area contributed by atoms with Crippen LogP contribution in [0.3, 0.4) is 0 Å². The lowest BCUT2D eigenvalue weighted by Crippen LogP contribution is -2.71. The zero-order valence-electron chi connectivity index (χ0n) is 11.1. The number of carbonyl (C=O) groups is 3. The van der Waals surface area contributed by atoms with E-state index in [1.54, 1.807) is 6.92 Å². The predicted molar refractivity (Wildman–Crippen MR) is 65.7 cm³/mol. The molecule has 0 aromatic heterocycles. The van der Waals surface area contributed by atoms with Crippen LogP contribution in [0.4, 0.5) is 0 Å². The average molecular weight is 252 g/mol. The SMILES string of the molecule is CC(C)[C@H]1NC(=O)[C@@](C)([C@H]2CCC(=O)C2)NC1=O. The number of hydrogen-bond donors (Lipinski definition) is 2. The molecular formula is C13H20N2O3. The van der Waals surface area contributed by atoms with Crippen molar-refractivity contribution < 1.29 is 14.4 Å². The Morgan fingerprint density at radius 3 is 2.44 bits per heavy atom. The van der Waals surface area contributed by atoms with Crippen LogP contribution in [-0.4, -0.2) is 29.2 Å². The van der Waals surface area contributed by atoms with E-state index in [4.69, 9.17) is 0 Å². The summed E-state index contributed by atoms with van der Waals surface area (Å²) < 4.78 is 0. The quantitative estimate of drug-likeness (QED) is 0.746. The second-order valence-electron chi connectivity index (χ2n) is 5.87.